The number of halogens is 2. The van der Waals surface area contributed by atoms with Gasteiger partial charge in [-0.2, -0.15) is 0 Å². The summed E-state index contributed by atoms with van der Waals surface area (Å²) in [6.07, 6.45) is 0. The Kier molecular flexibility index (Phi) is 4.07. The topological polar surface area (TPSA) is 27.7 Å². The third-order valence-electron chi connectivity index (χ3n) is 1.71. The molecule has 0 spiro atoms. The van der Waals surface area contributed by atoms with Gasteiger partial charge in [0, 0.05) is 0 Å². The molecule has 0 aromatic heterocycles. The van der Waals surface area contributed by atoms with Gasteiger partial charge in [0.15, 0.2) is 11.5 Å². The van der Waals surface area contributed by atoms with Crippen LogP contribution in [-0.2, 0) is 0 Å². The molecule has 0 bridgehead atoms. The minimum absolute atomic E-state index is 0.566. The van der Waals surface area contributed by atoms with Crippen molar-refractivity contribution in [3.05, 3.63) is 15.0 Å². The highest BCUT2D eigenvalue weighted by Gasteiger charge is 2.17. The first-order valence-electron chi connectivity index (χ1n) is 3.79. The summed E-state index contributed by atoms with van der Waals surface area (Å²) < 4.78 is 17.2. The summed E-state index contributed by atoms with van der Waals surface area (Å²) in [5.41, 5.74) is 0. The van der Waals surface area contributed by atoms with Crippen LogP contribution in [0.2, 0.25) is 0 Å². The molecule has 1 aromatic carbocycles. The number of hydrogen-bond acceptors (Lipinski definition) is 3. The molecule has 0 aliphatic heterocycles. The predicted octanol–water partition coefficient (Wildman–Crippen LogP) is 3.24. The molecule has 0 N–H and O–H groups in total. The summed E-state index contributed by atoms with van der Waals surface area (Å²) in [6, 6.07) is 1.85. The van der Waals surface area contributed by atoms with E-state index in [-0.39, 0.29) is 0 Å². The average molecular weight is 326 g/mol. The summed E-state index contributed by atoms with van der Waals surface area (Å²) in [6.45, 7) is 0. The Morgan fingerprint density at radius 3 is 1.43 bits per heavy atom. The third kappa shape index (κ3) is 1.98. The van der Waals surface area contributed by atoms with Gasteiger partial charge in [-0.3, -0.25) is 0 Å². The molecule has 3 nitrogen and oxygen atoms in total. The van der Waals surface area contributed by atoms with E-state index < -0.39 is 0 Å². The van der Waals surface area contributed by atoms with Gasteiger partial charge in [0.05, 0.1) is 30.3 Å². The molecule has 0 heterocycles. The zero-order valence-electron chi connectivity index (χ0n) is 8.06. The lowest BCUT2D eigenvalue weighted by Crippen LogP contribution is -1.96. The van der Waals surface area contributed by atoms with Gasteiger partial charge in [-0.05, 0) is 37.9 Å². The average Bonchev–Trinajstić information content (AvgIpc) is 2.16. The van der Waals surface area contributed by atoms with Crippen molar-refractivity contribution in [2.24, 2.45) is 0 Å². The van der Waals surface area contributed by atoms with Crippen LogP contribution in [0.25, 0.3) is 0 Å². The van der Waals surface area contributed by atoms with E-state index in [1.165, 1.54) is 0 Å². The molecule has 1 aromatic rings. The fraction of sp³-hybridized carbons (Fsp3) is 0.333. The minimum Gasteiger partial charge on any atom is -0.492 e. The molecule has 1 rings (SSSR count). The van der Waals surface area contributed by atoms with E-state index in [0.29, 0.717) is 17.2 Å². The van der Waals surface area contributed by atoms with Gasteiger partial charge in [0.25, 0.3) is 0 Å². The van der Waals surface area contributed by atoms with Crippen LogP contribution in [0.4, 0.5) is 0 Å². The molecule has 0 fully saturated rings. The molecule has 14 heavy (non-hydrogen) atoms. The fourth-order valence-electron chi connectivity index (χ4n) is 1.13. The van der Waals surface area contributed by atoms with Gasteiger partial charge < -0.3 is 14.2 Å². The van der Waals surface area contributed by atoms with Crippen molar-refractivity contribution in [1.29, 1.82) is 0 Å². The van der Waals surface area contributed by atoms with E-state index in [1.54, 1.807) is 21.3 Å². The molecule has 0 atom stereocenters. The van der Waals surface area contributed by atoms with Crippen molar-refractivity contribution >= 4 is 31.9 Å². The molecule has 0 aliphatic carbocycles. The predicted molar refractivity (Wildman–Crippen MR) is 61.5 cm³/mol. The second-order valence-electron chi connectivity index (χ2n) is 2.44. The van der Waals surface area contributed by atoms with Crippen LogP contribution in [-0.4, -0.2) is 21.3 Å². The largest absolute Gasteiger partial charge is 0.492 e. The molecule has 0 radical (unpaired) electrons. The molecule has 0 saturated heterocycles. The van der Waals surface area contributed by atoms with Gasteiger partial charge in [-0.15, -0.1) is 0 Å². The van der Waals surface area contributed by atoms with E-state index >= 15 is 0 Å². The maximum absolute atomic E-state index is 5.21. The van der Waals surface area contributed by atoms with Gasteiger partial charge >= 0.3 is 0 Å². The fourth-order valence-corrected chi connectivity index (χ4v) is 2.58. The van der Waals surface area contributed by atoms with Gasteiger partial charge in [-0.25, -0.2) is 0 Å². The Morgan fingerprint density at radius 2 is 1.14 bits per heavy atom. The Hall–Kier alpha value is -0.420. The first-order chi connectivity index (χ1) is 6.65. The number of methoxy groups -OCH3 is 3. The lowest BCUT2D eigenvalue weighted by molar-refractivity contribution is 0.322. The van der Waals surface area contributed by atoms with Crippen LogP contribution in [0, 0.1) is 0 Å². The summed E-state index contributed by atoms with van der Waals surface area (Å²) in [4.78, 5) is 0. The molecule has 0 aliphatic rings. The molecular weight excluding hydrogens is 316 g/mol. The monoisotopic (exact) mass is 324 g/mol. The SMILES string of the molecule is COc1c(Br)cc(Br)c(OC)c1OC. The summed E-state index contributed by atoms with van der Waals surface area (Å²) in [5, 5.41) is 0. The Bertz CT molecular complexity index is 311. The number of benzene rings is 1. The Labute approximate surface area is 99.6 Å². The highest BCUT2D eigenvalue weighted by molar-refractivity contribution is 9.11. The lowest BCUT2D eigenvalue weighted by Gasteiger charge is -2.14. The zero-order valence-corrected chi connectivity index (χ0v) is 11.2. The molecule has 0 unspecified atom stereocenters. The van der Waals surface area contributed by atoms with Gasteiger partial charge in [-0.1, -0.05) is 0 Å². The Morgan fingerprint density at radius 1 is 0.786 bits per heavy atom. The van der Waals surface area contributed by atoms with Crippen molar-refractivity contribution in [3.63, 3.8) is 0 Å². The van der Waals surface area contributed by atoms with Gasteiger partial charge in [0.2, 0.25) is 5.75 Å². The second-order valence-corrected chi connectivity index (χ2v) is 4.15. The normalized spacial score (nSPS) is 9.79. The number of ether oxygens (including phenoxy) is 3. The van der Waals surface area contributed by atoms with Crippen LogP contribution in [0.3, 0.4) is 0 Å². The minimum atomic E-state index is 0.566. The van der Waals surface area contributed by atoms with Crippen molar-refractivity contribution in [3.8, 4) is 17.2 Å². The summed E-state index contributed by atoms with van der Waals surface area (Å²) in [7, 11) is 4.73. The van der Waals surface area contributed by atoms with E-state index in [2.05, 4.69) is 31.9 Å². The second kappa shape index (κ2) is 4.89. The van der Waals surface area contributed by atoms with Gasteiger partial charge in [0.1, 0.15) is 0 Å². The Balaban J connectivity index is 3.43. The smallest absolute Gasteiger partial charge is 0.205 e. The lowest BCUT2D eigenvalue weighted by atomic mass is 10.3. The third-order valence-corrected chi connectivity index (χ3v) is 2.89. The molecule has 0 amide bonds. The van der Waals surface area contributed by atoms with Crippen LogP contribution in [0.15, 0.2) is 15.0 Å². The first kappa shape index (κ1) is 11.7. The highest BCUT2D eigenvalue weighted by atomic mass is 79.9. The quantitative estimate of drug-likeness (QED) is 0.854. The summed E-state index contributed by atoms with van der Waals surface area (Å²) in [5.74, 6) is 1.80. The van der Waals surface area contributed by atoms with E-state index in [0.717, 1.165) is 8.95 Å². The van der Waals surface area contributed by atoms with Crippen molar-refractivity contribution in [2.75, 3.05) is 21.3 Å². The van der Waals surface area contributed by atoms with E-state index in [9.17, 15) is 0 Å². The van der Waals surface area contributed by atoms with Crippen LogP contribution >= 0.6 is 31.9 Å². The van der Waals surface area contributed by atoms with E-state index in [4.69, 9.17) is 14.2 Å². The summed E-state index contributed by atoms with van der Waals surface area (Å²) >= 11 is 6.74. The van der Waals surface area contributed by atoms with Crippen LogP contribution in [0.1, 0.15) is 0 Å². The number of hydrogen-bond donors (Lipinski definition) is 0. The molecule has 5 heteroatoms. The standard InChI is InChI=1S/C9H10Br2O3/c1-12-7-5(10)4-6(11)8(13-2)9(7)14-3/h4H,1-3H3. The maximum Gasteiger partial charge on any atom is 0.205 e. The van der Waals surface area contributed by atoms with Crippen LogP contribution < -0.4 is 14.2 Å². The van der Waals surface area contributed by atoms with E-state index in [1.807, 2.05) is 6.07 Å². The van der Waals surface area contributed by atoms with Crippen LogP contribution in [0.5, 0.6) is 17.2 Å². The first-order valence-corrected chi connectivity index (χ1v) is 5.38. The van der Waals surface area contributed by atoms with Crippen molar-refractivity contribution in [2.45, 2.75) is 0 Å². The molecule has 78 valence electrons. The molecule has 0 saturated carbocycles. The highest BCUT2D eigenvalue weighted by Crippen LogP contribution is 2.46. The van der Waals surface area contributed by atoms with Crippen molar-refractivity contribution in [1.82, 2.24) is 0 Å². The number of rotatable bonds is 3. The van der Waals surface area contributed by atoms with Crippen molar-refractivity contribution < 1.29 is 14.2 Å². The zero-order chi connectivity index (χ0) is 10.7. The molecular formula is C9H10Br2O3. The maximum atomic E-state index is 5.21.